The normalized spacial score (nSPS) is 31.0. The molecule has 0 spiro atoms. The van der Waals surface area contributed by atoms with Gasteiger partial charge in [0.2, 0.25) is 0 Å². The maximum Gasteiger partial charge on any atom is 0.305 e. The van der Waals surface area contributed by atoms with Crippen LogP contribution in [-0.4, -0.2) is 39.0 Å². The van der Waals surface area contributed by atoms with Gasteiger partial charge in [0.1, 0.15) is 0 Å². The number of sulfone groups is 1. The van der Waals surface area contributed by atoms with E-state index in [-0.39, 0.29) is 29.8 Å². The molecule has 0 saturated carbocycles. The van der Waals surface area contributed by atoms with E-state index in [1.54, 1.807) is 0 Å². The van der Waals surface area contributed by atoms with Gasteiger partial charge in [-0.2, -0.15) is 0 Å². The van der Waals surface area contributed by atoms with Gasteiger partial charge < -0.3 is 10.5 Å². The number of hydrogen-bond acceptors (Lipinski definition) is 5. The minimum atomic E-state index is -2.98. The highest BCUT2D eigenvalue weighted by Crippen LogP contribution is 2.21. The van der Waals surface area contributed by atoms with E-state index >= 15 is 0 Å². The van der Waals surface area contributed by atoms with Crippen LogP contribution in [0.5, 0.6) is 0 Å². The Morgan fingerprint density at radius 3 is 2.71 bits per heavy atom. The van der Waals surface area contributed by atoms with Crippen LogP contribution in [0.4, 0.5) is 0 Å². The molecule has 14 heavy (non-hydrogen) atoms. The van der Waals surface area contributed by atoms with Crippen LogP contribution >= 0.6 is 0 Å². The Kier molecular flexibility index (Phi) is 3.49. The van der Waals surface area contributed by atoms with E-state index in [9.17, 15) is 13.2 Å². The van der Waals surface area contributed by atoms with Gasteiger partial charge in [-0.1, -0.05) is 0 Å². The molecule has 2 atom stereocenters. The van der Waals surface area contributed by atoms with E-state index in [2.05, 4.69) is 4.74 Å². The number of ether oxygens (including phenoxy) is 1. The summed E-state index contributed by atoms with van der Waals surface area (Å²) in [7, 11) is -1.67. The summed E-state index contributed by atoms with van der Waals surface area (Å²) in [5, 5.41) is 0. The second-order valence-corrected chi connectivity index (χ2v) is 5.84. The number of methoxy groups -OCH3 is 1. The average Bonchev–Trinajstić information content (AvgIpc) is 2.09. The molecule has 1 heterocycles. The molecule has 5 nitrogen and oxygen atoms in total. The monoisotopic (exact) mass is 221 g/mol. The van der Waals surface area contributed by atoms with Crippen molar-refractivity contribution in [3.63, 3.8) is 0 Å². The molecule has 1 fully saturated rings. The van der Waals surface area contributed by atoms with Gasteiger partial charge in [0.25, 0.3) is 0 Å². The summed E-state index contributed by atoms with van der Waals surface area (Å²) in [6.45, 7) is 0. The van der Waals surface area contributed by atoms with E-state index in [0.29, 0.717) is 6.42 Å². The Morgan fingerprint density at radius 2 is 2.21 bits per heavy atom. The lowest BCUT2D eigenvalue weighted by Gasteiger charge is -2.27. The van der Waals surface area contributed by atoms with Crippen molar-refractivity contribution in [2.24, 2.45) is 11.7 Å². The van der Waals surface area contributed by atoms with Crippen LogP contribution in [0, 0.1) is 5.92 Å². The lowest BCUT2D eigenvalue weighted by Crippen LogP contribution is -2.43. The highest BCUT2D eigenvalue weighted by atomic mass is 32.2. The highest BCUT2D eigenvalue weighted by molar-refractivity contribution is 7.91. The van der Waals surface area contributed by atoms with Crippen molar-refractivity contribution in [3.05, 3.63) is 0 Å². The third kappa shape index (κ3) is 2.95. The SMILES string of the molecule is COC(=O)CC1CCS(=O)(=O)CC1N. The highest BCUT2D eigenvalue weighted by Gasteiger charge is 2.31. The van der Waals surface area contributed by atoms with Crippen molar-refractivity contribution in [1.82, 2.24) is 0 Å². The Balaban J connectivity index is 2.54. The molecule has 2 unspecified atom stereocenters. The molecule has 0 aliphatic carbocycles. The van der Waals surface area contributed by atoms with E-state index in [4.69, 9.17) is 5.73 Å². The van der Waals surface area contributed by atoms with Crippen molar-refractivity contribution < 1.29 is 17.9 Å². The summed E-state index contributed by atoms with van der Waals surface area (Å²) in [6, 6.07) is -0.437. The maximum atomic E-state index is 11.2. The summed E-state index contributed by atoms with van der Waals surface area (Å²) in [5.74, 6) is -0.285. The number of esters is 1. The van der Waals surface area contributed by atoms with Gasteiger partial charge in [0.05, 0.1) is 18.6 Å². The predicted molar refractivity (Wildman–Crippen MR) is 51.4 cm³/mol. The Hall–Kier alpha value is -0.620. The topological polar surface area (TPSA) is 86.5 Å². The van der Waals surface area contributed by atoms with E-state index in [1.165, 1.54) is 7.11 Å². The molecule has 6 heteroatoms. The lowest BCUT2D eigenvalue weighted by molar-refractivity contribution is -0.141. The second-order valence-electron chi connectivity index (χ2n) is 3.61. The van der Waals surface area contributed by atoms with Gasteiger partial charge in [-0.25, -0.2) is 8.42 Å². The molecular weight excluding hydrogens is 206 g/mol. The fraction of sp³-hybridized carbons (Fsp3) is 0.875. The van der Waals surface area contributed by atoms with Crippen molar-refractivity contribution in [1.29, 1.82) is 0 Å². The van der Waals surface area contributed by atoms with Gasteiger partial charge >= 0.3 is 5.97 Å². The molecule has 0 aromatic carbocycles. The number of nitrogens with two attached hydrogens (primary N) is 1. The van der Waals surface area contributed by atoms with Crippen molar-refractivity contribution >= 4 is 15.8 Å². The molecule has 1 saturated heterocycles. The zero-order valence-corrected chi connectivity index (χ0v) is 8.92. The molecule has 82 valence electrons. The van der Waals surface area contributed by atoms with Crippen molar-refractivity contribution in [2.45, 2.75) is 18.9 Å². The van der Waals surface area contributed by atoms with Crippen LogP contribution in [0.25, 0.3) is 0 Å². The first-order valence-electron chi connectivity index (χ1n) is 4.47. The molecule has 2 N–H and O–H groups in total. The number of carbonyl (C=O) groups excluding carboxylic acids is 1. The minimum Gasteiger partial charge on any atom is -0.469 e. The standard InChI is InChI=1S/C8H15NO4S/c1-13-8(10)4-6-2-3-14(11,12)5-7(6)9/h6-7H,2-5,9H2,1H3. The molecule has 0 radical (unpaired) electrons. The smallest absolute Gasteiger partial charge is 0.305 e. The Bertz CT molecular complexity index is 311. The van der Waals surface area contributed by atoms with E-state index < -0.39 is 15.9 Å². The van der Waals surface area contributed by atoms with E-state index in [1.807, 2.05) is 0 Å². The molecule has 0 bridgehead atoms. The molecule has 1 rings (SSSR count). The summed E-state index contributed by atoms with van der Waals surface area (Å²) >= 11 is 0. The van der Waals surface area contributed by atoms with Gasteiger partial charge in [-0.3, -0.25) is 4.79 Å². The maximum absolute atomic E-state index is 11.2. The molecule has 1 aliphatic heterocycles. The predicted octanol–water partition coefficient (Wildman–Crippen LogP) is -0.688. The zero-order chi connectivity index (χ0) is 10.8. The third-order valence-corrected chi connectivity index (χ3v) is 4.26. The lowest BCUT2D eigenvalue weighted by atomic mass is 9.95. The third-order valence-electron chi connectivity index (χ3n) is 2.51. The number of carbonyl (C=O) groups is 1. The van der Waals surface area contributed by atoms with Gasteiger partial charge in [-0.05, 0) is 12.3 Å². The summed E-state index contributed by atoms with van der Waals surface area (Å²) < 4.78 is 26.8. The van der Waals surface area contributed by atoms with Crippen molar-refractivity contribution in [3.8, 4) is 0 Å². The molecule has 1 aliphatic rings. The van der Waals surface area contributed by atoms with Gasteiger partial charge in [0.15, 0.2) is 9.84 Å². The largest absolute Gasteiger partial charge is 0.469 e. The summed E-state index contributed by atoms with van der Waals surface area (Å²) in [4.78, 5) is 11.0. The molecule has 0 amide bonds. The first-order chi connectivity index (χ1) is 6.44. The summed E-state index contributed by atoms with van der Waals surface area (Å²) in [5.41, 5.74) is 5.67. The summed E-state index contributed by atoms with van der Waals surface area (Å²) in [6.07, 6.45) is 0.672. The zero-order valence-electron chi connectivity index (χ0n) is 8.10. The van der Waals surface area contributed by atoms with Crippen LogP contribution in [0.1, 0.15) is 12.8 Å². The quantitative estimate of drug-likeness (QED) is 0.624. The Morgan fingerprint density at radius 1 is 1.57 bits per heavy atom. The van der Waals surface area contributed by atoms with E-state index in [0.717, 1.165) is 0 Å². The molecule has 0 aromatic rings. The van der Waals surface area contributed by atoms with Crippen molar-refractivity contribution in [2.75, 3.05) is 18.6 Å². The fourth-order valence-corrected chi connectivity index (χ4v) is 3.30. The van der Waals surface area contributed by atoms with Crippen LogP contribution in [0.3, 0.4) is 0 Å². The molecule has 0 aromatic heterocycles. The van der Waals surface area contributed by atoms with Gasteiger partial charge in [-0.15, -0.1) is 0 Å². The number of hydrogen-bond donors (Lipinski definition) is 1. The van der Waals surface area contributed by atoms with Crippen LogP contribution < -0.4 is 5.73 Å². The van der Waals surface area contributed by atoms with Crippen LogP contribution in [0.2, 0.25) is 0 Å². The fourth-order valence-electron chi connectivity index (χ4n) is 1.61. The first kappa shape index (κ1) is 11.5. The van der Waals surface area contributed by atoms with Crippen LogP contribution in [-0.2, 0) is 19.4 Å². The van der Waals surface area contributed by atoms with Crippen LogP contribution in [0.15, 0.2) is 0 Å². The molecular formula is C8H15NO4S. The minimum absolute atomic E-state index is 0.0192. The average molecular weight is 221 g/mol. The first-order valence-corrected chi connectivity index (χ1v) is 6.29. The second kappa shape index (κ2) is 4.27. The Labute approximate surface area is 83.5 Å². The van der Waals surface area contributed by atoms with Gasteiger partial charge in [0, 0.05) is 12.5 Å². The number of rotatable bonds is 2.